The SMILES string of the molecule is COCCNCC(=O)N(Cc1cccc(C)n1)Cc1cccc(C)n1. The maximum atomic E-state index is 12.7. The van der Waals surface area contributed by atoms with Crippen molar-refractivity contribution < 1.29 is 9.53 Å². The lowest BCUT2D eigenvalue weighted by Gasteiger charge is -2.23. The van der Waals surface area contributed by atoms with Crippen LogP contribution in [0.15, 0.2) is 36.4 Å². The van der Waals surface area contributed by atoms with Crippen molar-refractivity contribution in [2.75, 3.05) is 26.8 Å². The van der Waals surface area contributed by atoms with Crippen molar-refractivity contribution in [1.29, 1.82) is 0 Å². The topological polar surface area (TPSA) is 67.3 Å². The van der Waals surface area contributed by atoms with E-state index in [9.17, 15) is 4.79 Å². The standard InChI is InChI=1S/C19H26N4O2/c1-15-6-4-8-17(21-15)13-23(19(24)12-20-10-11-25-3)14-18-9-5-7-16(2)22-18/h4-9,20H,10-14H2,1-3H3. The van der Waals surface area contributed by atoms with Crippen LogP contribution < -0.4 is 5.32 Å². The predicted octanol–water partition coefficient (Wildman–Crippen LogP) is 1.86. The van der Waals surface area contributed by atoms with E-state index < -0.39 is 0 Å². The molecule has 0 aliphatic carbocycles. The molecule has 2 aromatic rings. The average molecular weight is 342 g/mol. The summed E-state index contributed by atoms with van der Waals surface area (Å²) in [6.07, 6.45) is 0. The summed E-state index contributed by atoms with van der Waals surface area (Å²) < 4.78 is 4.99. The van der Waals surface area contributed by atoms with E-state index in [1.165, 1.54) is 0 Å². The third kappa shape index (κ3) is 6.60. The Kier molecular flexibility index (Phi) is 7.50. The van der Waals surface area contributed by atoms with Crippen molar-refractivity contribution in [1.82, 2.24) is 20.2 Å². The predicted molar refractivity (Wildman–Crippen MR) is 96.9 cm³/mol. The molecule has 0 saturated carbocycles. The molecule has 6 nitrogen and oxygen atoms in total. The van der Waals surface area contributed by atoms with Crippen LogP contribution in [0.4, 0.5) is 0 Å². The molecule has 1 amide bonds. The van der Waals surface area contributed by atoms with Gasteiger partial charge in [-0.2, -0.15) is 0 Å². The van der Waals surface area contributed by atoms with E-state index in [1.807, 2.05) is 50.2 Å². The van der Waals surface area contributed by atoms with Crippen LogP contribution in [0.2, 0.25) is 0 Å². The minimum atomic E-state index is 0.0164. The van der Waals surface area contributed by atoms with E-state index in [0.29, 0.717) is 26.2 Å². The van der Waals surface area contributed by atoms with Crippen LogP contribution in [-0.2, 0) is 22.6 Å². The number of methoxy groups -OCH3 is 1. The number of carbonyl (C=O) groups excluding carboxylic acids is 1. The molecular weight excluding hydrogens is 316 g/mol. The van der Waals surface area contributed by atoms with Crippen molar-refractivity contribution in [3.05, 3.63) is 59.2 Å². The maximum Gasteiger partial charge on any atom is 0.237 e. The summed E-state index contributed by atoms with van der Waals surface area (Å²) in [5.74, 6) is 0.0164. The van der Waals surface area contributed by atoms with Crippen LogP contribution in [0.5, 0.6) is 0 Å². The summed E-state index contributed by atoms with van der Waals surface area (Å²) >= 11 is 0. The zero-order valence-corrected chi connectivity index (χ0v) is 15.2. The molecule has 0 bridgehead atoms. The molecule has 134 valence electrons. The summed E-state index contributed by atoms with van der Waals surface area (Å²) in [5, 5.41) is 3.10. The molecule has 0 radical (unpaired) electrons. The summed E-state index contributed by atoms with van der Waals surface area (Å²) in [4.78, 5) is 23.5. The number of carbonyl (C=O) groups is 1. The number of amides is 1. The number of nitrogens with zero attached hydrogens (tertiary/aromatic N) is 3. The lowest BCUT2D eigenvalue weighted by atomic mass is 10.2. The van der Waals surface area contributed by atoms with Crippen molar-refractivity contribution >= 4 is 5.91 Å². The molecule has 0 aliphatic heterocycles. The van der Waals surface area contributed by atoms with Crippen LogP contribution >= 0.6 is 0 Å². The van der Waals surface area contributed by atoms with Gasteiger partial charge in [-0.25, -0.2) is 0 Å². The molecule has 0 aromatic carbocycles. The molecule has 0 saturated heterocycles. The minimum Gasteiger partial charge on any atom is -0.383 e. The van der Waals surface area contributed by atoms with Crippen LogP contribution in [0, 0.1) is 13.8 Å². The Morgan fingerprint density at radius 3 is 2.08 bits per heavy atom. The number of aryl methyl sites for hydroxylation is 2. The molecule has 0 atom stereocenters. The number of hydrogen-bond acceptors (Lipinski definition) is 5. The second-order valence-corrected chi connectivity index (χ2v) is 5.96. The monoisotopic (exact) mass is 342 g/mol. The zero-order chi connectivity index (χ0) is 18.1. The lowest BCUT2D eigenvalue weighted by Crippen LogP contribution is -2.38. The molecule has 2 rings (SSSR count). The highest BCUT2D eigenvalue weighted by Gasteiger charge is 2.16. The van der Waals surface area contributed by atoms with Gasteiger partial charge in [0.05, 0.1) is 37.6 Å². The molecule has 0 fully saturated rings. The van der Waals surface area contributed by atoms with Crippen LogP contribution in [0.25, 0.3) is 0 Å². The number of nitrogens with one attached hydrogen (secondary N) is 1. The van der Waals surface area contributed by atoms with Gasteiger partial charge >= 0.3 is 0 Å². The molecule has 25 heavy (non-hydrogen) atoms. The molecular formula is C19H26N4O2. The fourth-order valence-corrected chi connectivity index (χ4v) is 2.48. The molecule has 0 aliphatic rings. The zero-order valence-electron chi connectivity index (χ0n) is 15.2. The Bertz CT molecular complexity index is 643. The Balaban J connectivity index is 2.08. The Labute approximate surface area is 149 Å². The van der Waals surface area contributed by atoms with Gasteiger partial charge in [0, 0.05) is 25.0 Å². The van der Waals surface area contributed by atoms with E-state index in [4.69, 9.17) is 4.74 Å². The van der Waals surface area contributed by atoms with Gasteiger partial charge in [-0.3, -0.25) is 14.8 Å². The first-order valence-electron chi connectivity index (χ1n) is 8.41. The van der Waals surface area contributed by atoms with Crippen LogP contribution in [0.3, 0.4) is 0 Å². The maximum absolute atomic E-state index is 12.7. The highest BCUT2D eigenvalue weighted by molar-refractivity contribution is 5.78. The van der Waals surface area contributed by atoms with Gasteiger partial charge in [-0.1, -0.05) is 12.1 Å². The number of ether oxygens (including phenoxy) is 1. The van der Waals surface area contributed by atoms with Gasteiger partial charge in [-0.05, 0) is 38.1 Å². The first-order valence-corrected chi connectivity index (χ1v) is 8.41. The first kappa shape index (κ1) is 19.0. The smallest absolute Gasteiger partial charge is 0.237 e. The Morgan fingerprint density at radius 2 is 1.60 bits per heavy atom. The molecule has 6 heteroatoms. The fraction of sp³-hybridized carbons (Fsp3) is 0.421. The van der Waals surface area contributed by atoms with E-state index in [-0.39, 0.29) is 12.5 Å². The Hall–Kier alpha value is -2.31. The van der Waals surface area contributed by atoms with E-state index >= 15 is 0 Å². The van der Waals surface area contributed by atoms with Gasteiger partial charge in [-0.15, -0.1) is 0 Å². The van der Waals surface area contributed by atoms with Gasteiger partial charge in [0.2, 0.25) is 5.91 Å². The van der Waals surface area contributed by atoms with Crippen molar-refractivity contribution in [3.8, 4) is 0 Å². The first-order chi connectivity index (χ1) is 12.1. The van der Waals surface area contributed by atoms with Crippen molar-refractivity contribution in [2.24, 2.45) is 0 Å². The second kappa shape index (κ2) is 9.86. The van der Waals surface area contributed by atoms with Gasteiger partial charge in [0.1, 0.15) is 0 Å². The van der Waals surface area contributed by atoms with Gasteiger partial charge < -0.3 is 15.0 Å². The molecule has 0 unspecified atom stereocenters. The number of aromatic nitrogens is 2. The van der Waals surface area contributed by atoms with Crippen molar-refractivity contribution in [3.63, 3.8) is 0 Å². The average Bonchev–Trinajstić information content (AvgIpc) is 2.58. The van der Waals surface area contributed by atoms with E-state index in [2.05, 4.69) is 15.3 Å². The fourth-order valence-electron chi connectivity index (χ4n) is 2.48. The summed E-state index contributed by atoms with van der Waals surface area (Å²) in [7, 11) is 1.64. The molecule has 2 aromatic heterocycles. The summed E-state index contributed by atoms with van der Waals surface area (Å²) in [6.45, 7) is 6.30. The quantitative estimate of drug-likeness (QED) is 0.705. The Morgan fingerprint density at radius 1 is 1.04 bits per heavy atom. The molecule has 1 N–H and O–H groups in total. The molecule has 0 spiro atoms. The number of rotatable bonds is 9. The van der Waals surface area contributed by atoms with Crippen molar-refractivity contribution in [2.45, 2.75) is 26.9 Å². The number of hydrogen-bond donors (Lipinski definition) is 1. The highest BCUT2D eigenvalue weighted by atomic mass is 16.5. The third-order valence-electron chi connectivity index (χ3n) is 3.71. The summed E-state index contributed by atoms with van der Waals surface area (Å²) in [5.41, 5.74) is 3.63. The van der Waals surface area contributed by atoms with Crippen LogP contribution in [0.1, 0.15) is 22.8 Å². The van der Waals surface area contributed by atoms with Gasteiger partial charge in [0.25, 0.3) is 0 Å². The normalized spacial score (nSPS) is 10.7. The second-order valence-electron chi connectivity index (χ2n) is 5.96. The van der Waals surface area contributed by atoms with Gasteiger partial charge in [0.15, 0.2) is 0 Å². The third-order valence-corrected chi connectivity index (χ3v) is 3.71. The number of pyridine rings is 2. The molecule has 2 heterocycles. The van der Waals surface area contributed by atoms with E-state index in [1.54, 1.807) is 12.0 Å². The minimum absolute atomic E-state index is 0.0164. The lowest BCUT2D eigenvalue weighted by molar-refractivity contribution is -0.131. The van der Waals surface area contributed by atoms with E-state index in [0.717, 1.165) is 22.8 Å². The largest absolute Gasteiger partial charge is 0.383 e. The summed E-state index contributed by atoms with van der Waals surface area (Å²) in [6, 6.07) is 11.7. The van der Waals surface area contributed by atoms with Crippen LogP contribution in [-0.4, -0.2) is 47.6 Å². The highest BCUT2D eigenvalue weighted by Crippen LogP contribution is 2.09.